The van der Waals surface area contributed by atoms with E-state index in [1.165, 1.54) is 12.7 Å². The molecule has 1 unspecified atom stereocenters. The largest absolute Gasteiger partial charge is 0.469 e. The molecule has 3 rings (SSSR count). The average molecular weight is 482 g/mol. The molecule has 7 atom stereocenters. The first-order valence-electron chi connectivity index (χ1n) is 12.6. The number of Topliss-reactive ketones (excluding diaryl/α,β-unsaturated/α-hetero) is 1. The van der Waals surface area contributed by atoms with Crippen molar-refractivity contribution in [2.45, 2.75) is 71.1 Å². The summed E-state index contributed by atoms with van der Waals surface area (Å²) in [5.74, 6) is 0.355. The van der Waals surface area contributed by atoms with Gasteiger partial charge in [-0.2, -0.15) is 0 Å². The van der Waals surface area contributed by atoms with Gasteiger partial charge < -0.3 is 14.8 Å². The fraction of sp³-hybridized carbons (Fsp3) is 0.552. The monoisotopic (exact) mass is 481 g/mol. The summed E-state index contributed by atoms with van der Waals surface area (Å²) in [7, 11) is 1.34. The Morgan fingerprint density at radius 2 is 2.00 bits per heavy atom. The molecule has 35 heavy (non-hydrogen) atoms. The number of amides is 1. The van der Waals surface area contributed by atoms with Gasteiger partial charge in [-0.3, -0.25) is 14.4 Å². The molecule has 6 nitrogen and oxygen atoms in total. The number of carbonyl (C=O) groups is 3. The third kappa shape index (κ3) is 6.49. The van der Waals surface area contributed by atoms with Gasteiger partial charge in [0.05, 0.1) is 25.2 Å². The maximum atomic E-state index is 12.7. The zero-order chi connectivity index (χ0) is 25.6. The van der Waals surface area contributed by atoms with Crippen LogP contribution in [0.1, 0.15) is 52.5 Å². The van der Waals surface area contributed by atoms with Crippen LogP contribution in [0.4, 0.5) is 0 Å². The third-order valence-electron chi connectivity index (χ3n) is 7.98. The molecule has 1 amide bonds. The predicted octanol–water partition coefficient (Wildman–Crippen LogP) is 4.43. The minimum atomic E-state index is -0.354. The van der Waals surface area contributed by atoms with Crippen LogP contribution in [-0.4, -0.2) is 43.0 Å². The predicted molar refractivity (Wildman–Crippen MR) is 135 cm³/mol. The van der Waals surface area contributed by atoms with Gasteiger partial charge in [0.25, 0.3) is 0 Å². The number of fused-ring (bicyclic) bond motifs is 1. The number of rotatable bonds is 12. The van der Waals surface area contributed by atoms with Crippen molar-refractivity contribution < 1.29 is 23.9 Å². The van der Waals surface area contributed by atoms with Crippen molar-refractivity contribution in [2.24, 2.45) is 23.7 Å². The number of carbonyl (C=O) groups excluding carboxylic acids is 3. The maximum absolute atomic E-state index is 12.7. The molecule has 2 aliphatic rings. The molecule has 2 fully saturated rings. The van der Waals surface area contributed by atoms with Gasteiger partial charge in [0.2, 0.25) is 6.41 Å². The number of epoxide rings is 1. The Hall–Kier alpha value is -2.73. The Balaban J connectivity index is 1.65. The summed E-state index contributed by atoms with van der Waals surface area (Å²) in [6.07, 6.45) is 9.37. The van der Waals surface area contributed by atoms with Gasteiger partial charge in [0.15, 0.2) is 5.78 Å². The van der Waals surface area contributed by atoms with E-state index in [2.05, 4.69) is 48.2 Å². The van der Waals surface area contributed by atoms with Gasteiger partial charge in [-0.1, -0.05) is 62.4 Å². The topological polar surface area (TPSA) is 85.0 Å². The maximum Gasteiger partial charge on any atom is 0.309 e. The summed E-state index contributed by atoms with van der Waals surface area (Å²) in [5.41, 5.74) is 1.61. The Morgan fingerprint density at radius 3 is 2.66 bits per heavy atom. The Kier molecular flexibility index (Phi) is 9.06. The smallest absolute Gasteiger partial charge is 0.309 e. The number of ether oxygens (including phenoxy) is 2. The zero-order valence-electron chi connectivity index (χ0n) is 21.5. The number of hydrogen-bond acceptors (Lipinski definition) is 5. The number of allylic oxidation sites excluding steroid dienone is 2. The van der Waals surface area contributed by atoms with E-state index in [-0.39, 0.29) is 53.7 Å². The summed E-state index contributed by atoms with van der Waals surface area (Å²) in [4.78, 5) is 35.4. The van der Waals surface area contributed by atoms with Gasteiger partial charge in [-0.15, -0.1) is 0 Å². The van der Waals surface area contributed by atoms with Gasteiger partial charge >= 0.3 is 5.97 Å². The quantitative estimate of drug-likeness (QED) is 0.157. The first kappa shape index (κ1) is 26.9. The van der Waals surface area contributed by atoms with E-state index in [4.69, 9.17) is 4.74 Å². The molecule has 1 aromatic carbocycles. The second-order valence-electron chi connectivity index (χ2n) is 10.3. The number of nitrogens with one attached hydrogen (secondary N) is 1. The van der Waals surface area contributed by atoms with Gasteiger partial charge in [0, 0.05) is 17.9 Å². The van der Waals surface area contributed by atoms with Crippen LogP contribution in [0.5, 0.6) is 0 Å². The molecule has 1 aromatic rings. The molecular weight excluding hydrogens is 442 g/mol. The SMILES string of the molecule is COC(=O)CC=C(C)C(=O)[C@@H](C)CC=C[C@@H]1C[C@H]([C@H](Cc2ccccc2)NC=O)C(C)[C@@]2(C)O[C@@H]12. The lowest BCUT2D eigenvalue weighted by Gasteiger charge is -2.39. The van der Waals surface area contributed by atoms with E-state index < -0.39 is 0 Å². The van der Waals surface area contributed by atoms with Crippen molar-refractivity contribution in [2.75, 3.05) is 7.11 Å². The van der Waals surface area contributed by atoms with E-state index in [1.807, 2.05) is 25.1 Å². The van der Waals surface area contributed by atoms with Gasteiger partial charge in [-0.25, -0.2) is 0 Å². The summed E-state index contributed by atoms with van der Waals surface area (Å²) < 4.78 is 10.9. The lowest BCUT2D eigenvalue weighted by Crippen LogP contribution is -2.48. The first-order valence-corrected chi connectivity index (χ1v) is 12.6. The minimum absolute atomic E-state index is 0.0332. The van der Waals surface area contributed by atoms with Crippen LogP contribution in [-0.2, 0) is 30.3 Å². The highest BCUT2D eigenvalue weighted by Gasteiger charge is 2.64. The lowest BCUT2D eigenvalue weighted by atomic mass is 9.65. The van der Waals surface area contributed by atoms with E-state index >= 15 is 0 Å². The molecule has 1 N–H and O–H groups in total. The first-order chi connectivity index (χ1) is 16.7. The summed E-state index contributed by atoms with van der Waals surface area (Å²) in [5, 5.41) is 3.09. The number of methoxy groups -OCH3 is 1. The van der Waals surface area contributed by atoms with Crippen LogP contribution in [0, 0.1) is 23.7 Å². The van der Waals surface area contributed by atoms with Crippen LogP contribution in [0.15, 0.2) is 54.1 Å². The highest BCUT2D eigenvalue weighted by Crippen LogP contribution is 2.56. The molecule has 0 radical (unpaired) electrons. The Morgan fingerprint density at radius 1 is 1.29 bits per heavy atom. The zero-order valence-corrected chi connectivity index (χ0v) is 21.5. The summed E-state index contributed by atoms with van der Waals surface area (Å²) in [6.45, 7) is 8.07. The number of esters is 1. The van der Waals surface area contributed by atoms with Crippen molar-refractivity contribution in [3.8, 4) is 0 Å². The van der Waals surface area contributed by atoms with Crippen molar-refractivity contribution in [1.29, 1.82) is 0 Å². The minimum Gasteiger partial charge on any atom is -0.469 e. The van der Waals surface area contributed by atoms with Gasteiger partial charge in [0.1, 0.15) is 0 Å². The van der Waals surface area contributed by atoms with Crippen LogP contribution in [0.2, 0.25) is 0 Å². The second kappa shape index (κ2) is 11.8. The average Bonchev–Trinajstić information content (AvgIpc) is 3.57. The molecule has 190 valence electrons. The molecule has 6 heteroatoms. The Bertz CT molecular complexity index is 955. The molecule has 1 aliphatic heterocycles. The highest BCUT2D eigenvalue weighted by molar-refractivity contribution is 5.96. The van der Waals surface area contributed by atoms with Crippen LogP contribution in [0.25, 0.3) is 0 Å². The van der Waals surface area contributed by atoms with Crippen molar-refractivity contribution in [1.82, 2.24) is 5.32 Å². The van der Waals surface area contributed by atoms with E-state index in [0.717, 1.165) is 19.3 Å². The van der Waals surface area contributed by atoms with E-state index in [0.29, 0.717) is 17.9 Å². The Labute approximate surface area is 209 Å². The molecule has 1 aliphatic carbocycles. The lowest BCUT2D eigenvalue weighted by molar-refractivity contribution is -0.139. The second-order valence-corrected chi connectivity index (χ2v) is 10.3. The van der Waals surface area contributed by atoms with Crippen molar-refractivity contribution >= 4 is 18.2 Å². The summed E-state index contributed by atoms with van der Waals surface area (Å²) >= 11 is 0. The van der Waals surface area contributed by atoms with Crippen molar-refractivity contribution in [3.63, 3.8) is 0 Å². The van der Waals surface area contributed by atoms with E-state index in [1.54, 1.807) is 13.0 Å². The number of hydrogen-bond donors (Lipinski definition) is 1. The molecule has 1 heterocycles. The molecule has 1 saturated carbocycles. The molecule has 1 saturated heterocycles. The van der Waals surface area contributed by atoms with Crippen LogP contribution in [0.3, 0.4) is 0 Å². The van der Waals surface area contributed by atoms with Gasteiger partial charge in [-0.05, 0) is 56.1 Å². The fourth-order valence-corrected chi connectivity index (χ4v) is 5.54. The molecule has 0 aromatic heterocycles. The fourth-order valence-electron chi connectivity index (χ4n) is 5.54. The van der Waals surface area contributed by atoms with Crippen LogP contribution >= 0.6 is 0 Å². The van der Waals surface area contributed by atoms with Crippen LogP contribution < -0.4 is 5.32 Å². The standard InChI is InChI=1S/C29H39NO5/c1-19(27(33)20(2)14-15-26(32)34-5)10-9-13-23-17-24(21(3)29(4)28(23)35-29)25(30-18-31)16-22-11-7-6-8-12-22/h6-9,11-14,18-19,21,23-25,28H,10,15-17H2,1-5H3,(H,30,31)/t19-,21?,23+,24-,25-,28-,29+/m0/s1. The van der Waals surface area contributed by atoms with Crippen molar-refractivity contribution in [3.05, 3.63) is 59.7 Å². The van der Waals surface area contributed by atoms with E-state index in [9.17, 15) is 14.4 Å². The molecule has 0 spiro atoms. The number of ketones is 1. The normalized spacial score (nSPS) is 29.7. The molecule has 0 bridgehead atoms. The highest BCUT2D eigenvalue weighted by atomic mass is 16.6. The summed E-state index contributed by atoms with van der Waals surface area (Å²) in [6, 6.07) is 10.3. The number of benzene rings is 1. The molecular formula is C29H39NO5. The third-order valence-corrected chi connectivity index (χ3v) is 7.98.